The molecule has 0 bridgehead atoms. The first-order valence-electron chi connectivity index (χ1n) is 11.7. The predicted molar refractivity (Wildman–Crippen MR) is 135 cm³/mol. The van der Waals surface area contributed by atoms with Crippen LogP contribution in [0.3, 0.4) is 0 Å². The average molecular weight is 474 g/mol. The van der Waals surface area contributed by atoms with E-state index in [1.54, 1.807) is 29.3 Å². The Morgan fingerprint density at radius 2 is 1.31 bits per heavy atom. The lowest BCUT2D eigenvalue weighted by Crippen LogP contribution is -2.45. The molecule has 2 heterocycles. The third-order valence-corrected chi connectivity index (χ3v) is 6.22. The van der Waals surface area contributed by atoms with Gasteiger partial charge in [-0.05, 0) is 35.4 Å². The molecule has 7 heteroatoms. The third-order valence-electron chi connectivity index (χ3n) is 6.22. The molecule has 0 aliphatic carbocycles. The average Bonchev–Trinajstić information content (AvgIpc) is 3.13. The van der Waals surface area contributed by atoms with Gasteiger partial charge in [-0.25, -0.2) is 9.59 Å². The summed E-state index contributed by atoms with van der Waals surface area (Å²) in [6, 6.07) is 18.6. The number of esters is 2. The van der Waals surface area contributed by atoms with Crippen molar-refractivity contribution < 1.29 is 19.1 Å². The normalized spacial score (nSPS) is 16.8. The Bertz CT molecular complexity index is 1110. The number of ether oxygens (including phenoxy) is 2. The molecule has 1 fully saturated rings. The quantitative estimate of drug-likeness (QED) is 0.571. The molecule has 0 N–H and O–H groups in total. The van der Waals surface area contributed by atoms with Gasteiger partial charge in [-0.15, -0.1) is 0 Å². The van der Waals surface area contributed by atoms with Gasteiger partial charge < -0.3 is 14.4 Å². The first-order valence-corrected chi connectivity index (χ1v) is 11.7. The van der Waals surface area contributed by atoms with Crippen LogP contribution in [0.15, 0.2) is 90.3 Å². The van der Waals surface area contributed by atoms with Crippen LogP contribution in [0.1, 0.15) is 11.1 Å². The molecular weight excluding hydrogens is 442 g/mol. The second-order valence-corrected chi connectivity index (χ2v) is 8.52. The van der Waals surface area contributed by atoms with Crippen LogP contribution < -0.4 is 4.90 Å². The number of hydrogen-bond donors (Lipinski definition) is 0. The van der Waals surface area contributed by atoms with Crippen molar-refractivity contribution in [2.24, 2.45) is 0 Å². The Hall–Kier alpha value is -3.68. The summed E-state index contributed by atoms with van der Waals surface area (Å²) < 4.78 is 9.85. The van der Waals surface area contributed by atoms with Gasteiger partial charge in [0.1, 0.15) is 5.70 Å². The summed E-state index contributed by atoms with van der Waals surface area (Å²) in [6.45, 7) is 5.99. The van der Waals surface area contributed by atoms with Gasteiger partial charge in [0.05, 0.1) is 19.8 Å². The number of anilines is 1. The molecule has 2 aromatic carbocycles. The van der Waals surface area contributed by atoms with Crippen LogP contribution in [0.5, 0.6) is 0 Å². The van der Waals surface area contributed by atoms with E-state index < -0.39 is 11.9 Å². The van der Waals surface area contributed by atoms with Gasteiger partial charge in [0.25, 0.3) is 0 Å². The van der Waals surface area contributed by atoms with E-state index in [-0.39, 0.29) is 11.3 Å². The van der Waals surface area contributed by atoms with E-state index in [2.05, 4.69) is 52.3 Å². The lowest BCUT2D eigenvalue weighted by atomic mass is 10.1. The Balaban J connectivity index is 1.42. The van der Waals surface area contributed by atoms with E-state index in [9.17, 15) is 9.59 Å². The summed E-state index contributed by atoms with van der Waals surface area (Å²) in [4.78, 5) is 31.5. The highest BCUT2D eigenvalue weighted by Gasteiger charge is 2.27. The van der Waals surface area contributed by atoms with Crippen LogP contribution >= 0.6 is 0 Å². The number of carbonyl (C=O) groups excluding carboxylic acids is 2. The summed E-state index contributed by atoms with van der Waals surface area (Å²) >= 11 is 0. The maximum atomic E-state index is 12.6. The predicted octanol–water partition coefficient (Wildman–Crippen LogP) is 3.49. The fourth-order valence-corrected chi connectivity index (χ4v) is 4.33. The van der Waals surface area contributed by atoms with Gasteiger partial charge in [-0.1, -0.05) is 48.5 Å². The van der Waals surface area contributed by atoms with E-state index in [0.29, 0.717) is 0 Å². The van der Waals surface area contributed by atoms with Crippen molar-refractivity contribution in [3.05, 3.63) is 101 Å². The van der Waals surface area contributed by atoms with Gasteiger partial charge in [0.2, 0.25) is 0 Å². The highest BCUT2D eigenvalue weighted by Crippen LogP contribution is 2.27. The van der Waals surface area contributed by atoms with E-state index in [1.807, 2.05) is 12.1 Å². The molecule has 182 valence electrons. The largest absolute Gasteiger partial charge is 0.465 e. The molecule has 1 saturated heterocycles. The van der Waals surface area contributed by atoms with Crippen LogP contribution in [0, 0.1) is 0 Å². The van der Waals surface area contributed by atoms with Gasteiger partial charge in [-0.3, -0.25) is 9.80 Å². The third kappa shape index (κ3) is 6.07. The molecule has 7 nitrogen and oxygen atoms in total. The van der Waals surface area contributed by atoms with Crippen LogP contribution in [-0.4, -0.2) is 62.1 Å². The molecule has 0 amide bonds. The molecule has 2 aromatic rings. The lowest BCUT2D eigenvalue weighted by molar-refractivity contribution is -0.139. The zero-order chi connectivity index (χ0) is 24.6. The molecule has 4 rings (SSSR count). The molecule has 0 saturated carbocycles. The van der Waals surface area contributed by atoms with E-state index in [4.69, 9.17) is 9.47 Å². The summed E-state index contributed by atoms with van der Waals surface area (Å²) in [5, 5.41) is 0. The van der Waals surface area contributed by atoms with Crippen molar-refractivity contribution in [2.45, 2.75) is 13.1 Å². The number of allylic oxidation sites excluding steroid dienone is 2. The summed E-state index contributed by atoms with van der Waals surface area (Å²) in [5.41, 5.74) is 3.56. The molecule has 2 aliphatic heterocycles. The van der Waals surface area contributed by atoms with E-state index in [1.165, 1.54) is 25.3 Å². The van der Waals surface area contributed by atoms with Crippen molar-refractivity contribution in [1.29, 1.82) is 0 Å². The SMILES string of the molecule is COC(=O)C1=C(C(=O)OC)N(c2ccc(CN3CCN(Cc4ccccc4)CC3)cc2)C=CC=C1. The smallest absolute Gasteiger partial charge is 0.355 e. The van der Waals surface area contributed by atoms with Crippen molar-refractivity contribution in [3.63, 3.8) is 0 Å². The van der Waals surface area contributed by atoms with Crippen LogP contribution in [-0.2, 0) is 32.2 Å². The zero-order valence-electron chi connectivity index (χ0n) is 20.2. The number of methoxy groups -OCH3 is 2. The first-order chi connectivity index (χ1) is 17.1. The maximum Gasteiger partial charge on any atom is 0.355 e. The number of hydrogen-bond acceptors (Lipinski definition) is 7. The molecule has 0 unspecified atom stereocenters. The summed E-state index contributed by atoms with van der Waals surface area (Å²) in [6.07, 6.45) is 6.75. The van der Waals surface area contributed by atoms with Crippen LogP contribution in [0.4, 0.5) is 5.69 Å². The van der Waals surface area contributed by atoms with Gasteiger partial charge in [0, 0.05) is 51.2 Å². The minimum absolute atomic E-state index is 0.117. The Labute approximate surface area is 206 Å². The Morgan fingerprint density at radius 3 is 1.89 bits per heavy atom. The van der Waals surface area contributed by atoms with Crippen LogP contribution in [0.25, 0.3) is 0 Å². The number of piperazine rings is 1. The topological polar surface area (TPSA) is 62.3 Å². The number of rotatable bonds is 7. The van der Waals surface area contributed by atoms with E-state index >= 15 is 0 Å². The standard InChI is InChI=1S/C28H31N3O4/c1-34-27(32)25-10-6-7-15-31(26(25)28(33)35-2)24-13-11-23(12-14-24)21-30-18-16-29(17-19-30)20-22-8-4-3-5-9-22/h3-15H,16-21H2,1-2H3. The molecule has 0 aromatic heterocycles. The first kappa shape index (κ1) is 24.4. The maximum absolute atomic E-state index is 12.6. The molecule has 0 radical (unpaired) electrons. The molecule has 2 aliphatic rings. The fraction of sp³-hybridized carbons (Fsp3) is 0.286. The van der Waals surface area contributed by atoms with Crippen molar-refractivity contribution in [3.8, 4) is 0 Å². The Morgan fingerprint density at radius 1 is 0.743 bits per heavy atom. The number of benzene rings is 2. The second-order valence-electron chi connectivity index (χ2n) is 8.52. The highest BCUT2D eigenvalue weighted by atomic mass is 16.5. The van der Waals surface area contributed by atoms with Crippen molar-refractivity contribution in [1.82, 2.24) is 9.80 Å². The van der Waals surface area contributed by atoms with Gasteiger partial charge in [-0.2, -0.15) is 0 Å². The second kappa shape index (κ2) is 11.6. The number of nitrogens with zero attached hydrogens (tertiary/aromatic N) is 3. The minimum Gasteiger partial charge on any atom is -0.465 e. The molecule has 0 atom stereocenters. The molecule has 35 heavy (non-hydrogen) atoms. The lowest BCUT2D eigenvalue weighted by Gasteiger charge is -2.34. The van der Waals surface area contributed by atoms with Gasteiger partial charge >= 0.3 is 11.9 Å². The van der Waals surface area contributed by atoms with Gasteiger partial charge in [0.15, 0.2) is 0 Å². The minimum atomic E-state index is -0.612. The fourth-order valence-electron chi connectivity index (χ4n) is 4.33. The summed E-state index contributed by atoms with van der Waals surface area (Å²) in [5.74, 6) is -1.21. The van der Waals surface area contributed by atoms with Crippen molar-refractivity contribution >= 4 is 17.6 Å². The van der Waals surface area contributed by atoms with E-state index in [0.717, 1.165) is 45.0 Å². The van der Waals surface area contributed by atoms with Crippen molar-refractivity contribution in [2.75, 3.05) is 45.3 Å². The van der Waals surface area contributed by atoms with Crippen LogP contribution in [0.2, 0.25) is 0 Å². The highest BCUT2D eigenvalue weighted by molar-refractivity contribution is 6.05. The monoisotopic (exact) mass is 473 g/mol. The Kier molecular flexibility index (Phi) is 8.13. The zero-order valence-corrected chi connectivity index (χ0v) is 20.2. The summed E-state index contributed by atoms with van der Waals surface area (Å²) in [7, 11) is 2.58. The molecular formula is C28H31N3O4. The number of carbonyl (C=O) groups is 2. The molecule has 0 spiro atoms.